The third kappa shape index (κ3) is 4.51. The van der Waals surface area contributed by atoms with Gasteiger partial charge in [0.05, 0.1) is 11.5 Å². The van der Waals surface area contributed by atoms with Gasteiger partial charge < -0.3 is 20.6 Å². The number of hydrogen-bond donors (Lipinski definition) is 3. The molecule has 0 saturated carbocycles. The predicted octanol–water partition coefficient (Wildman–Crippen LogP) is 2.54. The average Bonchev–Trinajstić information content (AvgIpc) is 3.22. The van der Waals surface area contributed by atoms with Gasteiger partial charge in [-0.1, -0.05) is 51.4 Å². The maximum absolute atomic E-state index is 13.4. The number of carbonyl (C=O) groups is 2. The van der Waals surface area contributed by atoms with Gasteiger partial charge in [0.1, 0.15) is 6.04 Å². The molecule has 2 fully saturated rings. The van der Waals surface area contributed by atoms with Gasteiger partial charge in [0, 0.05) is 30.1 Å². The molecular formula is C23H34ClN3O3. The fraction of sp³-hybridized carbons (Fsp3) is 0.652. The number of likely N-dealkylation sites (tertiary alicyclic amines) is 1. The highest BCUT2D eigenvalue weighted by atomic mass is 35.5. The van der Waals surface area contributed by atoms with Crippen molar-refractivity contribution in [3.8, 4) is 0 Å². The van der Waals surface area contributed by atoms with Crippen LogP contribution in [-0.4, -0.2) is 54.0 Å². The Morgan fingerprint density at radius 2 is 1.93 bits per heavy atom. The average molecular weight is 436 g/mol. The molecule has 1 aromatic carbocycles. The first kappa shape index (κ1) is 23.0. The molecule has 30 heavy (non-hydrogen) atoms. The van der Waals surface area contributed by atoms with Crippen molar-refractivity contribution in [1.29, 1.82) is 0 Å². The first-order valence-electron chi connectivity index (χ1n) is 10.8. The van der Waals surface area contributed by atoms with Crippen molar-refractivity contribution in [2.45, 2.75) is 52.2 Å². The van der Waals surface area contributed by atoms with Gasteiger partial charge in [-0.05, 0) is 43.0 Å². The molecule has 0 aliphatic carbocycles. The minimum absolute atomic E-state index is 0.0176. The lowest BCUT2D eigenvalue weighted by Crippen LogP contribution is -2.60. The van der Waals surface area contributed by atoms with Crippen LogP contribution < -0.4 is 10.6 Å². The molecule has 0 aromatic heterocycles. The van der Waals surface area contributed by atoms with E-state index in [2.05, 4.69) is 10.6 Å². The van der Waals surface area contributed by atoms with E-state index in [9.17, 15) is 14.7 Å². The maximum atomic E-state index is 13.4. The molecule has 3 atom stereocenters. The van der Waals surface area contributed by atoms with Gasteiger partial charge in [-0.3, -0.25) is 9.59 Å². The fourth-order valence-corrected chi connectivity index (χ4v) is 4.76. The molecule has 0 spiro atoms. The molecule has 2 amide bonds. The van der Waals surface area contributed by atoms with Crippen LogP contribution in [0.25, 0.3) is 0 Å². The van der Waals surface area contributed by atoms with E-state index in [1.807, 2.05) is 39.8 Å². The van der Waals surface area contributed by atoms with Gasteiger partial charge in [-0.15, -0.1) is 0 Å². The second kappa shape index (κ2) is 8.85. The van der Waals surface area contributed by atoms with Crippen LogP contribution in [0.2, 0.25) is 5.02 Å². The number of aliphatic hydroxyl groups is 1. The molecule has 6 nitrogen and oxygen atoms in total. The first-order chi connectivity index (χ1) is 14.0. The molecule has 0 bridgehead atoms. The lowest BCUT2D eigenvalue weighted by Gasteiger charge is -2.51. The molecular weight excluding hydrogens is 402 g/mol. The topological polar surface area (TPSA) is 81.7 Å². The summed E-state index contributed by atoms with van der Waals surface area (Å²) in [6.45, 7) is 10.2. The summed E-state index contributed by atoms with van der Waals surface area (Å²) in [6, 6.07) is 6.72. The monoisotopic (exact) mass is 435 g/mol. The summed E-state index contributed by atoms with van der Waals surface area (Å²) in [5, 5.41) is 18.4. The quantitative estimate of drug-likeness (QED) is 0.663. The van der Waals surface area contributed by atoms with E-state index < -0.39 is 17.1 Å². The minimum Gasteiger partial charge on any atom is -0.384 e. The Morgan fingerprint density at radius 1 is 1.27 bits per heavy atom. The van der Waals surface area contributed by atoms with Crippen molar-refractivity contribution >= 4 is 23.4 Å². The summed E-state index contributed by atoms with van der Waals surface area (Å²) < 4.78 is 0. The summed E-state index contributed by atoms with van der Waals surface area (Å²) >= 11 is 6.01. The Kier molecular flexibility index (Phi) is 6.80. The minimum atomic E-state index is -1.06. The van der Waals surface area contributed by atoms with Gasteiger partial charge in [0.2, 0.25) is 11.8 Å². The van der Waals surface area contributed by atoms with Gasteiger partial charge in [-0.2, -0.15) is 0 Å². The number of nitrogens with one attached hydrogen (secondary N) is 2. The second-order valence-electron chi connectivity index (χ2n) is 9.68. The Labute approximate surface area is 184 Å². The van der Waals surface area contributed by atoms with Crippen molar-refractivity contribution in [2.24, 2.45) is 17.3 Å². The summed E-state index contributed by atoms with van der Waals surface area (Å²) in [4.78, 5) is 27.8. The molecule has 2 aliphatic rings. The van der Waals surface area contributed by atoms with Gasteiger partial charge in [0.25, 0.3) is 0 Å². The SMILES string of the molecule is CC(C)[C@@H](NC(=O)[C@H]1CCNC1)C(=O)N1CC[C@](O)(c2ccc(Cl)cc2)C(C)(C)C1. The Balaban J connectivity index is 1.73. The van der Waals surface area contributed by atoms with E-state index in [4.69, 9.17) is 11.6 Å². The van der Waals surface area contributed by atoms with E-state index >= 15 is 0 Å². The summed E-state index contributed by atoms with van der Waals surface area (Å²) in [5.41, 5.74) is -0.803. The van der Waals surface area contributed by atoms with E-state index in [1.54, 1.807) is 17.0 Å². The second-order valence-corrected chi connectivity index (χ2v) is 10.1. The van der Waals surface area contributed by atoms with Crippen LogP contribution in [0.3, 0.4) is 0 Å². The van der Waals surface area contributed by atoms with Crippen LogP contribution in [0.1, 0.15) is 46.1 Å². The molecule has 2 heterocycles. The van der Waals surface area contributed by atoms with Crippen molar-refractivity contribution in [3.63, 3.8) is 0 Å². The lowest BCUT2D eigenvalue weighted by atomic mass is 9.66. The van der Waals surface area contributed by atoms with E-state index in [1.165, 1.54) is 0 Å². The predicted molar refractivity (Wildman–Crippen MR) is 118 cm³/mol. The fourth-order valence-electron chi connectivity index (χ4n) is 4.63. The highest BCUT2D eigenvalue weighted by Crippen LogP contribution is 2.46. The highest BCUT2D eigenvalue weighted by molar-refractivity contribution is 6.30. The number of halogens is 1. The summed E-state index contributed by atoms with van der Waals surface area (Å²) in [5.74, 6) is -0.223. The summed E-state index contributed by atoms with van der Waals surface area (Å²) in [7, 11) is 0. The lowest BCUT2D eigenvalue weighted by molar-refractivity contribution is -0.157. The zero-order valence-electron chi connectivity index (χ0n) is 18.4. The van der Waals surface area contributed by atoms with Gasteiger partial charge in [0.15, 0.2) is 0 Å². The third-order valence-corrected chi connectivity index (χ3v) is 7.00. The zero-order chi connectivity index (χ0) is 22.1. The molecule has 0 unspecified atom stereocenters. The van der Waals surface area contributed by atoms with Gasteiger partial charge >= 0.3 is 0 Å². The maximum Gasteiger partial charge on any atom is 0.245 e. The van der Waals surface area contributed by atoms with Crippen LogP contribution in [-0.2, 0) is 15.2 Å². The van der Waals surface area contributed by atoms with Crippen molar-refractivity contribution in [1.82, 2.24) is 15.5 Å². The van der Waals surface area contributed by atoms with Crippen LogP contribution in [0.4, 0.5) is 0 Å². The normalized spacial score (nSPS) is 27.2. The first-order valence-corrected chi connectivity index (χ1v) is 11.2. The van der Waals surface area contributed by atoms with E-state index in [0.717, 1.165) is 18.5 Å². The van der Waals surface area contributed by atoms with Crippen LogP contribution in [0, 0.1) is 17.3 Å². The van der Waals surface area contributed by atoms with Crippen molar-refractivity contribution < 1.29 is 14.7 Å². The third-order valence-electron chi connectivity index (χ3n) is 6.74. The molecule has 2 saturated heterocycles. The molecule has 7 heteroatoms. The number of piperidine rings is 1. The molecule has 166 valence electrons. The smallest absolute Gasteiger partial charge is 0.245 e. The van der Waals surface area contributed by atoms with Crippen LogP contribution >= 0.6 is 11.6 Å². The number of hydrogen-bond acceptors (Lipinski definition) is 4. The Hall–Kier alpha value is -1.63. The van der Waals surface area contributed by atoms with Crippen LogP contribution in [0.15, 0.2) is 24.3 Å². The molecule has 1 aromatic rings. The number of rotatable bonds is 5. The van der Waals surface area contributed by atoms with E-state index in [0.29, 0.717) is 31.1 Å². The van der Waals surface area contributed by atoms with Gasteiger partial charge in [-0.25, -0.2) is 0 Å². The van der Waals surface area contributed by atoms with Crippen molar-refractivity contribution in [2.75, 3.05) is 26.2 Å². The zero-order valence-corrected chi connectivity index (χ0v) is 19.1. The largest absolute Gasteiger partial charge is 0.384 e. The number of carbonyl (C=O) groups excluding carboxylic acids is 2. The Morgan fingerprint density at radius 3 is 2.47 bits per heavy atom. The van der Waals surface area contributed by atoms with Crippen molar-refractivity contribution in [3.05, 3.63) is 34.9 Å². The molecule has 3 rings (SSSR count). The Bertz CT molecular complexity index is 774. The molecule has 0 radical (unpaired) electrons. The summed E-state index contributed by atoms with van der Waals surface area (Å²) in [6.07, 6.45) is 1.23. The molecule has 2 aliphatic heterocycles. The number of nitrogens with zero attached hydrogens (tertiary/aromatic N) is 1. The highest BCUT2D eigenvalue weighted by Gasteiger charge is 2.50. The standard InChI is InChI=1S/C23H34ClN3O3/c1-15(2)19(26-20(28)16-9-11-25-13-16)21(29)27-12-10-23(30,22(3,4)14-27)17-5-7-18(24)8-6-17/h5-8,15-16,19,25,30H,9-14H2,1-4H3,(H,26,28)/t16-,19+,23-/m0/s1. The van der Waals surface area contributed by atoms with Crippen LogP contribution in [0.5, 0.6) is 0 Å². The molecule has 3 N–H and O–H groups in total. The number of benzene rings is 1. The number of amides is 2. The van der Waals surface area contributed by atoms with E-state index in [-0.39, 0.29) is 23.7 Å².